The van der Waals surface area contributed by atoms with Crippen LogP contribution in [0.2, 0.25) is 0 Å². The van der Waals surface area contributed by atoms with Gasteiger partial charge in [0.25, 0.3) is 5.91 Å². The smallest absolute Gasteiger partial charge is 0.268 e. The molecule has 0 aliphatic carbocycles. The normalized spacial score (nSPS) is 20.6. The van der Waals surface area contributed by atoms with Crippen LogP contribution in [-0.4, -0.2) is 36.0 Å². The van der Waals surface area contributed by atoms with Crippen LogP contribution < -0.4 is 0 Å². The van der Waals surface area contributed by atoms with Gasteiger partial charge in [-0.1, -0.05) is 24.6 Å². The average Bonchev–Trinajstić information content (AvgIpc) is 2.78. The zero-order valence-electron chi connectivity index (χ0n) is 10.6. The summed E-state index contributed by atoms with van der Waals surface area (Å²) >= 11 is 0. The zero-order chi connectivity index (χ0) is 13.5. The molecule has 102 valence electrons. The maximum absolute atomic E-state index is 12.5. The van der Waals surface area contributed by atoms with Gasteiger partial charge in [0, 0.05) is 18.7 Å². The Balaban J connectivity index is 1.90. The first kappa shape index (κ1) is 12.6. The first-order valence-electron chi connectivity index (χ1n) is 6.51. The lowest BCUT2D eigenvalue weighted by atomic mass is 10.1. The molecule has 0 radical (unpaired) electrons. The van der Waals surface area contributed by atoms with Gasteiger partial charge in [-0.3, -0.25) is 4.79 Å². The van der Waals surface area contributed by atoms with Gasteiger partial charge in [-0.2, -0.15) is 12.7 Å². The summed E-state index contributed by atoms with van der Waals surface area (Å²) in [7, 11) is -3.66. The van der Waals surface area contributed by atoms with Crippen molar-refractivity contribution in [3.8, 4) is 0 Å². The topological polar surface area (TPSA) is 57.7 Å². The van der Waals surface area contributed by atoms with Gasteiger partial charge in [-0.15, -0.1) is 0 Å². The number of amides is 1. The molecule has 2 aliphatic heterocycles. The van der Waals surface area contributed by atoms with E-state index in [9.17, 15) is 13.2 Å². The van der Waals surface area contributed by atoms with Crippen LogP contribution in [0, 0.1) is 0 Å². The Morgan fingerprint density at radius 1 is 1.00 bits per heavy atom. The molecule has 0 atom stereocenters. The molecule has 3 rings (SSSR count). The van der Waals surface area contributed by atoms with Crippen molar-refractivity contribution in [2.75, 3.05) is 13.1 Å². The highest BCUT2D eigenvalue weighted by molar-refractivity contribution is 7.87. The third-order valence-corrected chi connectivity index (χ3v) is 5.58. The molecule has 6 heteroatoms. The van der Waals surface area contributed by atoms with Crippen molar-refractivity contribution in [3.05, 3.63) is 35.4 Å². The average molecular weight is 280 g/mol. The minimum absolute atomic E-state index is 0.161. The van der Waals surface area contributed by atoms with Crippen molar-refractivity contribution < 1.29 is 13.2 Å². The van der Waals surface area contributed by atoms with Crippen LogP contribution >= 0.6 is 0 Å². The van der Waals surface area contributed by atoms with Crippen LogP contribution in [0.4, 0.5) is 0 Å². The van der Waals surface area contributed by atoms with Crippen LogP contribution in [-0.2, 0) is 16.8 Å². The summed E-state index contributed by atoms with van der Waals surface area (Å²) < 4.78 is 27.4. The molecule has 0 bridgehead atoms. The number of carbonyl (C=O) groups is 1. The van der Waals surface area contributed by atoms with Crippen molar-refractivity contribution in [1.82, 2.24) is 8.61 Å². The Hall–Kier alpha value is -1.40. The first-order chi connectivity index (χ1) is 9.10. The third-order valence-electron chi connectivity index (χ3n) is 3.71. The van der Waals surface area contributed by atoms with Gasteiger partial charge in [0.05, 0.1) is 6.54 Å². The van der Waals surface area contributed by atoms with Crippen LogP contribution in [0.1, 0.15) is 35.2 Å². The number of hydrogen-bond acceptors (Lipinski definition) is 3. The van der Waals surface area contributed by atoms with E-state index in [1.54, 1.807) is 18.2 Å². The zero-order valence-corrected chi connectivity index (χ0v) is 11.4. The number of rotatable bonds is 2. The summed E-state index contributed by atoms with van der Waals surface area (Å²) in [5, 5.41) is 0. The molecule has 2 heterocycles. The van der Waals surface area contributed by atoms with Crippen LogP contribution in [0.3, 0.4) is 0 Å². The molecule has 0 saturated carbocycles. The summed E-state index contributed by atoms with van der Waals surface area (Å²) in [6, 6.07) is 7.07. The van der Waals surface area contributed by atoms with Crippen LogP contribution in [0.25, 0.3) is 0 Å². The van der Waals surface area contributed by atoms with Crippen molar-refractivity contribution in [1.29, 1.82) is 0 Å². The molecule has 1 aromatic carbocycles. The van der Waals surface area contributed by atoms with Crippen molar-refractivity contribution in [2.45, 2.75) is 25.8 Å². The Morgan fingerprint density at radius 3 is 2.37 bits per heavy atom. The fraction of sp³-hybridized carbons (Fsp3) is 0.462. The number of hydrogen-bond donors (Lipinski definition) is 0. The van der Waals surface area contributed by atoms with Crippen molar-refractivity contribution in [2.24, 2.45) is 0 Å². The second-order valence-corrected chi connectivity index (χ2v) is 6.79. The van der Waals surface area contributed by atoms with Gasteiger partial charge in [-0.25, -0.2) is 4.31 Å². The number of fused-ring (bicyclic) bond motifs is 1. The second-order valence-electron chi connectivity index (χ2n) is 4.94. The summed E-state index contributed by atoms with van der Waals surface area (Å²) in [5.74, 6) is -0.402. The molecule has 1 aromatic rings. The number of carbonyl (C=O) groups excluding carboxylic acids is 1. The summed E-state index contributed by atoms with van der Waals surface area (Å²) in [6.45, 7) is 1.19. The van der Waals surface area contributed by atoms with E-state index >= 15 is 0 Å². The molecule has 0 unspecified atom stereocenters. The quantitative estimate of drug-likeness (QED) is 0.822. The second kappa shape index (κ2) is 4.61. The van der Waals surface area contributed by atoms with Gasteiger partial charge in [0.15, 0.2) is 0 Å². The van der Waals surface area contributed by atoms with Gasteiger partial charge < -0.3 is 0 Å². The molecule has 1 saturated heterocycles. The maximum atomic E-state index is 12.5. The Kier molecular flexibility index (Phi) is 3.06. The molecule has 19 heavy (non-hydrogen) atoms. The first-order valence-corrected chi connectivity index (χ1v) is 7.90. The molecule has 0 aromatic heterocycles. The molecular formula is C13H16N2O3S. The van der Waals surface area contributed by atoms with Crippen molar-refractivity contribution in [3.63, 3.8) is 0 Å². The predicted octanol–water partition coefficient (Wildman–Crippen LogP) is 1.37. The molecule has 1 amide bonds. The lowest BCUT2D eigenvalue weighted by Gasteiger charge is -2.29. The molecular weight excluding hydrogens is 264 g/mol. The highest BCUT2D eigenvalue weighted by Gasteiger charge is 2.39. The van der Waals surface area contributed by atoms with Crippen LogP contribution in [0.15, 0.2) is 24.3 Å². The van der Waals surface area contributed by atoms with Gasteiger partial charge in [-0.05, 0) is 24.5 Å². The molecule has 2 aliphatic rings. The summed E-state index contributed by atoms with van der Waals surface area (Å²) in [6.07, 6.45) is 2.79. The minimum atomic E-state index is -3.66. The standard InChI is InChI=1S/C13H16N2O3S/c16-13-12-7-3-2-6-11(12)10-15(13)19(17,18)14-8-4-1-5-9-14/h2-3,6-7H,1,4-5,8-10H2. The highest BCUT2D eigenvalue weighted by Crippen LogP contribution is 2.27. The van der Waals surface area contributed by atoms with E-state index in [1.165, 1.54) is 4.31 Å². The molecule has 0 N–H and O–H groups in total. The monoisotopic (exact) mass is 280 g/mol. The Morgan fingerprint density at radius 2 is 1.68 bits per heavy atom. The third kappa shape index (κ3) is 2.04. The van der Waals surface area contributed by atoms with Gasteiger partial charge in [0.1, 0.15) is 0 Å². The number of benzene rings is 1. The van der Waals surface area contributed by atoms with Gasteiger partial charge in [0.2, 0.25) is 0 Å². The van der Waals surface area contributed by atoms with Crippen LogP contribution in [0.5, 0.6) is 0 Å². The fourth-order valence-electron chi connectivity index (χ4n) is 2.65. The summed E-state index contributed by atoms with van der Waals surface area (Å²) in [5.41, 5.74) is 1.29. The summed E-state index contributed by atoms with van der Waals surface area (Å²) in [4.78, 5) is 12.2. The van der Waals surface area contributed by atoms with E-state index in [4.69, 9.17) is 0 Å². The fourth-order valence-corrected chi connectivity index (χ4v) is 4.26. The minimum Gasteiger partial charge on any atom is -0.268 e. The van der Waals surface area contributed by atoms with E-state index in [0.29, 0.717) is 18.7 Å². The van der Waals surface area contributed by atoms with E-state index in [-0.39, 0.29) is 6.54 Å². The van der Waals surface area contributed by atoms with E-state index in [2.05, 4.69) is 0 Å². The molecule has 0 spiro atoms. The largest absolute Gasteiger partial charge is 0.306 e. The molecule has 1 fully saturated rings. The van der Waals surface area contributed by atoms with E-state index in [0.717, 1.165) is 29.1 Å². The Bertz CT molecular complexity index is 606. The SMILES string of the molecule is O=C1c2ccccc2CN1S(=O)(=O)N1CCCCC1. The molecule has 5 nitrogen and oxygen atoms in total. The highest BCUT2D eigenvalue weighted by atomic mass is 32.2. The van der Waals surface area contributed by atoms with Gasteiger partial charge >= 0.3 is 10.2 Å². The number of piperidine rings is 1. The van der Waals surface area contributed by atoms with E-state index < -0.39 is 16.1 Å². The Labute approximate surface area is 113 Å². The lowest BCUT2D eigenvalue weighted by Crippen LogP contribution is -2.46. The maximum Gasteiger partial charge on any atom is 0.306 e. The predicted molar refractivity (Wildman–Crippen MR) is 70.7 cm³/mol. The number of nitrogens with zero attached hydrogens (tertiary/aromatic N) is 2. The van der Waals surface area contributed by atoms with Crippen molar-refractivity contribution >= 4 is 16.1 Å². The lowest BCUT2D eigenvalue weighted by molar-refractivity contribution is 0.0870. The van der Waals surface area contributed by atoms with E-state index in [1.807, 2.05) is 6.07 Å².